The summed E-state index contributed by atoms with van der Waals surface area (Å²) >= 11 is 1.26. The number of carboxylic acid groups (broad SMARTS) is 1. The van der Waals surface area contributed by atoms with Gasteiger partial charge in [-0.3, -0.25) is 0 Å². The van der Waals surface area contributed by atoms with Crippen molar-refractivity contribution in [2.75, 3.05) is 5.73 Å². The predicted octanol–water partition coefficient (Wildman–Crippen LogP) is 1.22. The van der Waals surface area contributed by atoms with E-state index in [1.165, 1.54) is 24.0 Å². The molecule has 0 radical (unpaired) electrons. The molecule has 2 unspecified atom stereocenters. The molecule has 0 saturated carbocycles. The molecule has 0 aliphatic carbocycles. The number of anilines is 1. The van der Waals surface area contributed by atoms with Crippen LogP contribution in [-0.2, 0) is 0 Å². The lowest BCUT2D eigenvalue weighted by atomic mass is 10.2. The highest BCUT2D eigenvalue weighted by Crippen LogP contribution is 2.30. The second-order valence-electron chi connectivity index (χ2n) is 3.45. The fraction of sp³-hybridized carbons (Fsp3) is 0.400. The lowest BCUT2D eigenvalue weighted by Crippen LogP contribution is -2.16. The molecule has 0 bridgehead atoms. The normalized spacial score (nSPS) is 14.4. The largest absolute Gasteiger partial charge is 0.478 e. The first kappa shape index (κ1) is 12.8. The van der Waals surface area contributed by atoms with E-state index in [0.29, 0.717) is 5.03 Å². The standard InChI is InChI=1S/C10H14N2O3S/c1-5(13)6(2)16-9-8(11)7(10(14)15)3-4-12-9/h3-6,13H,11H2,1-2H3,(H,14,15). The molecular weight excluding hydrogens is 228 g/mol. The maximum absolute atomic E-state index is 10.8. The number of pyridine rings is 1. The third-order valence-corrected chi connectivity index (χ3v) is 3.48. The Labute approximate surface area is 97.7 Å². The van der Waals surface area contributed by atoms with Crippen molar-refractivity contribution in [2.24, 2.45) is 0 Å². The number of hydrogen-bond acceptors (Lipinski definition) is 5. The summed E-state index contributed by atoms with van der Waals surface area (Å²) in [6.07, 6.45) is 0.886. The van der Waals surface area contributed by atoms with Crippen molar-refractivity contribution in [3.8, 4) is 0 Å². The molecule has 2 atom stereocenters. The van der Waals surface area contributed by atoms with Crippen molar-refractivity contribution in [1.82, 2.24) is 4.98 Å². The van der Waals surface area contributed by atoms with Gasteiger partial charge in [-0.15, -0.1) is 0 Å². The molecule has 1 heterocycles. The average Bonchev–Trinajstić information content (AvgIpc) is 2.20. The number of aliphatic hydroxyl groups excluding tert-OH is 1. The molecule has 0 aliphatic rings. The number of aliphatic hydroxyl groups is 1. The lowest BCUT2D eigenvalue weighted by molar-refractivity contribution is 0.0697. The molecule has 0 fully saturated rings. The van der Waals surface area contributed by atoms with Crippen LogP contribution in [0.1, 0.15) is 24.2 Å². The maximum Gasteiger partial charge on any atom is 0.337 e. The van der Waals surface area contributed by atoms with Gasteiger partial charge in [0.2, 0.25) is 0 Å². The van der Waals surface area contributed by atoms with Crippen LogP contribution in [0, 0.1) is 0 Å². The van der Waals surface area contributed by atoms with E-state index in [1.54, 1.807) is 6.92 Å². The van der Waals surface area contributed by atoms with Crippen LogP contribution >= 0.6 is 11.8 Å². The van der Waals surface area contributed by atoms with Gasteiger partial charge in [-0.25, -0.2) is 9.78 Å². The van der Waals surface area contributed by atoms with Gasteiger partial charge < -0.3 is 15.9 Å². The van der Waals surface area contributed by atoms with E-state index in [2.05, 4.69) is 4.98 Å². The second kappa shape index (κ2) is 5.18. The van der Waals surface area contributed by atoms with E-state index >= 15 is 0 Å². The number of nitrogen functional groups attached to an aromatic ring is 1. The van der Waals surface area contributed by atoms with E-state index in [-0.39, 0.29) is 16.5 Å². The van der Waals surface area contributed by atoms with Crippen molar-refractivity contribution in [3.05, 3.63) is 17.8 Å². The van der Waals surface area contributed by atoms with Crippen LogP contribution in [0.4, 0.5) is 5.69 Å². The summed E-state index contributed by atoms with van der Waals surface area (Å²) < 4.78 is 0. The number of hydrogen-bond donors (Lipinski definition) is 3. The van der Waals surface area contributed by atoms with Gasteiger partial charge in [-0.05, 0) is 13.0 Å². The van der Waals surface area contributed by atoms with Crippen LogP contribution in [0.3, 0.4) is 0 Å². The van der Waals surface area contributed by atoms with Crippen LogP contribution in [0.15, 0.2) is 17.3 Å². The fourth-order valence-corrected chi connectivity index (χ4v) is 1.92. The third-order valence-electron chi connectivity index (χ3n) is 2.16. The van der Waals surface area contributed by atoms with E-state index < -0.39 is 12.1 Å². The average molecular weight is 242 g/mol. The smallest absolute Gasteiger partial charge is 0.337 e. The Bertz CT molecular complexity index is 396. The van der Waals surface area contributed by atoms with E-state index in [4.69, 9.17) is 10.8 Å². The molecule has 0 aliphatic heterocycles. The van der Waals surface area contributed by atoms with Crippen LogP contribution in [-0.4, -0.2) is 32.5 Å². The maximum atomic E-state index is 10.8. The van der Waals surface area contributed by atoms with Gasteiger partial charge >= 0.3 is 5.97 Å². The van der Waals surface area contributed by atoms with Gasteiger partial charge in [0.25, 0.3) is 0 Å². The predicted molar refractivity (Wildman–Crippen MR) is 62.6 cm³/mol. The van der Waals surface area contributed by atoms with Crippen LogP contribution in [0.5, 0.6) is 0 Å². The zero-order valence-electron chi connectivity index (χ0n) is 9.04. The summed E-state index contributed by atoms with van der Waals surface area (Å²) in [5, 5.41) is 18.6. The first-order valence-electron chi connectivity index (χ1n) is 4.76. The summed E-state index contributed by atoms with van der Waals surface area (Å²) in [6.45, 7) is 3.48. The Hall–Kier alpha value is -1.27. The molecule has 16 heavy (non-hydrogen) atoms. The lowest BCUT2D eigenvalue weighted by Gasteiger charge is -2.14. The number of rotatable bonds is 4. The van der Waals surface area contributed by atoms with E-state index in [0.717, 1.165) is 0 Å². The summed E-state index contributed by atoms with van der Waals surface area (Å²) in [4.78, 5) is 14.8. The Morgan fingerprint density at radius 1 is 1.56 bits per heavy atom. The van der Waals surface area contributed by atoms with Gasteiger partial charge in [-0.1, -0.05) is 18.7 Å². The van der Waals surface area contributed by atoms with Crippen LogP contribution in [0.25, 0.3) is 0 Å². The zero-order chi connectivity index (χ0) is 12.3. The third kappa shape index (κ3) is 2.86. The topological polar surface area (TPSA) is 96.4 Å². The second-order valence-corrected chi connectivity index (χ2v) is 4.81. The van der Waals surface area contributed by atoms with Gasteiger partial charge in [0, 0.05) is 11.4 Å². The first-order chi connectivity index (χ1) is 7.43. The van der Waals surface area contributed by atoms with E-state index in [9.17, 15) is 9.90 Å². The zero-order valence-corrected chi connectivity index (χ0v) is 9.86. The summed E-state index contributed by atoms with van der Waals surface area (Å²) in [6, 6.07) is 1.36. The molecular formula is C10H14N2O3S. The molecule has 88 valence electrons. The first-order valence-corrected chi connectivity index (χ1v) is 5.64. The van der Waals surface area contributed by atoms with Crippen molar-refractivity contribution >= 4 is 23.4 Å². The van der Waals surface area contributed by atoms with Crippen LogP contribution in [0.2, 0.25) is 0 Å². The van der Waals surface area contributed by atoms with Crippen molar-refractivity contribution in [3.63, 3.8) is 0 Å². The Morgan fingerprint density at radius 3 is 2.69 bits per heavy atom. The highest BCUT2D eigenvalue weighted by Gasteiger charge is 2.17. The molecule has 1 aromatic heterocycles. The van der Waals surface area contributed by atoms with Crippen molar-refractivity contribution in [1.29, 1.82) is 0 Å². The minimum Gasteiger partial charge on any atom is -0.478 e. The summed E-state index contributed by atoms with van der Waals surface area (Å²) in [5.41, 5.74) is 5.87. The van der Waals surface area contributed by atoms with Gasteiger partial charge in [-0.2, -0.15) is 0 Å². The van der Waals surface area contributed by atoms with Crippen LogP contribution < -0.4 is 5.73 Å². The van der Waals surface area contributed by atoms with E-state index in [1.807, 2.05) is 6.92 Å². The Kier molecular flexibility index (Phi) is 4.14. The number of carbonyl (C=O) groups is 1. The monoisotopic (exact) mass is 242 g/mol. The fourth-order valence-electron chi connectivity index (χ4n) is 1.01. The number of aromatic nitrogens is 1. The molecule has 0 amide bonds. The molecule has 6 heteroatoms. The van der Waals surface area contributed by atoms with Gasteiger partial charge in [0.05, 0.1) is 17.4 Å². The molecule has 0 saturated heterocycles. The highest BCUT2D eigenvalue weighted by molar-refractivity contribution is 8.00. The highest BCUT2D eigenvalue weighted by atomic mass is 32.2. The number of nitrogens with zero attached hydrogens (tertiary/aromatic N) is 1. The number of thioether (sulfide) groups is 1. The van der Waals surface area contributed by atoms with Crippen molar-refractivity contribution in [2.45, 2.75) is 30.2 Å². The Balaban J connectivity index is 2.98. The number of nitrogens with two attached hydrogens (primary N) is 1. The van der Waals surface area contributed by atoms with Crippen molar-refractivity contribution < 1.29 is 15.0 Å². The minimum absolute atomic E-state index is 0.0373. The SMILES string of the molecule is CC(O)C(C)Sc1nccc(C(=O)O)c1N. The number of carboxylic acids is 1. The summed E-state index contributed by atoms with van der Waals surface area (Å²) in [5.74, 6) is -1.08. The number of aromatic carboxylic acids is 1. The molecule has 4 N–H and O–H groups in total. The minimum atomic E-state index is -1.08. The quantitative estimate of drug-likeness (QED) is 0.687. The molecule has 1 rings (SSSR count). The Morgan fingerprint density at radius 2 is 2.19 bits per heavy atom. The molecule has 0 spiro atoms. The summed E-state index contributed by atoms with van der Waals surface area (Å²) in [7, 11) is 0. The molecule has 5 nitrogen and oxygen atoms in total. The molecule has 1 aromatic rings. The molecule has 0 aromatic carbocycles. The van der Waals surface area contributed by atoms with Gasteiger partial charge in [0.1, 0.15) is 5.03 Å². The van der Waals surface area contributed by atoms with Gasteiger partial charge in [0.15, 0.2) is 0 Å².